The molecule has 1 aromatic heterocycles. The monoisotopic (exact) mass is 315 g/mol. The van der Waals surface area contributed by atoms with E-state index in [1.807, 2.05) is 0 Å². The molecule has 23 heavy (non-hydrogen) atoms. The quantitative estimate of drug-likeness (QED) is 0.742. The Labute approximate surface area is 133 Å². The van der Waals surface area contributed by atoms with E-state index in [1.54, 1.807) is 31.4 Å². The van der Waals surface area contributed by atoms with Gasteiger partial charge in [-0.05, 0) is 36.4 Å². The molecule has 0 spiro atoms. The van der Waals surface area contributed by atoms with Crippen LogP contribution < -0.4 is 20.5 Å². The van der Waals surface area contributed by atoms with Gasteiger partial charge in [-0.3, -0.25) is 14.6 Å². The molecule has 1 heterocycles. The predicted octanol–water partition coefficient (Wildman–Crippen LogP) is 0.998. The van der Waals surface area contributed by atoms with E-state index in [2.05, 4.69) is 10.3 Å². The number of carbonyl (C=O) groups is 2. The third-order valence-corrected chi connectivity index (χ3v) is 2.99. The molecular formula is C16H17N3O4. The van der Waals surface area contributed by atoms with Crippen LogP contribution in [0.1, 0.15) is 20.8 Å². The lowest BCUT2D eigenvalue weighted by Gasteiger charge is -2.08. The lowest BCUT2D eigenvalue weighted by molar-refractivity contribution is 0.0943. The zero-order valence-corrected chi connectivity index (χ0v) is 12.6. The number of hydrogen-bond donors (Lipinski definition) is 2. The standard InChI is InChI=1S/C16H17N3O4/c1-22-12-3-5-13(6-4-12)23-9-8-18-16(21)11-2-7-14(15(17)20)19-10-11/h2-7,10H,8-9H2,1H3,(H2,17,20)(H,18,21). The molecule has 0 saturated carbocycles. The van der Waals surface area contributed by atoms with Gasteiger partial charge in [0, 0.05) is 6.20 Å². The molecule has 120 valence electrons. The molecule has 0 aliphatic heterocycles. The lowest BCUT2D eigenvalue weighted by atomic mass is 10.2. The number of benzene rings is 1. The van der Waals surface area contributed by atoms with E-state index in [4.69, 9.17) is 15.2 Å². The van der Waals surface area contributed by atoms with Crippen molar-refractivity contribution in [1.82, 2.24) is 10.3 Å². The SMILES string of the molecule is COc1ccc(OCCNC(=O)c2ccc(C(N)=O)nc2)cc1. The van der Waals surface area contributed by atoms with Crippen LogP contribution in [0.5, 0.6) is 11.5 Å². The molecule has 0 atom stereocenters. The fourth-order valence-electron chi connectivity index (χ4n) is 1.78. The van der Waals surface area contributed by atoms with Crippen LogP contribution in [0, 0.1) is 0 Å². The van der Waals surface area contributed by atoms with Crippen LogP contribution in [0.3, 0.4) is 0 Å². The van der Waals surface area contributed by atoms with Gasteiger partial charge in [0.15, 0.2) is 0 Å². The molecule has 2 rings (SSSR count). The van der Waals surface area contributed by atoms with E-state index >= 15 is 0 Å². The van der Waals surface area contributed by atoms with Gasteiger partial charge in [-0.25, -0.2) is 0 Å². The average molecular weight is 315 g/mol. The van der Waals surface area contributed by atoms with Gasteiger partial charge in [-0.2, -0.15) is 0 Å². The fraction of sp³-hybridized carbons (Fsp3) is 0.188. The highest BCUT2D eigenvalue weighted by Gasteiger charge is 2.07. The Morgan fingerprint density at radius 2 is 1.83 bits per heavy atom. The summed E-state index contributed by atoms with van der Waals surface area (Å²) in [6.45, 7) is 0.660. The minimum Gasteiger partial charge on any atom is -0.497 e. The number of carbonyl (C=O) groups excluding carboxylic acids is 2. The largest absolute Gasteiger partial charge is 0.497 e. The van der Waals surface area contributed by atoms with Crippen molar-refractivity contribution >= 4 is 11.8 Å². The van der Waals surface area contributed by atoms with Crippen LogP contribution in [0.4, 0.5) is 0 Å². The number of methoxy groups -OCH3 is 1. The van der Waals surface area contributed by atoms with Crippen molar-refractivity contribution in [3.05, 3.63) is 53.9 Å². The summed E-state index contributed by atoms with van der Waals surface area (Å²) in [6, 6.07) is 10.1. The van der Waals surface area contributed by atoms with Crippen molar-refractivity contribution < 1.29 is 19.1 Å². The first kappa shape index (κ1) is 16.3. The van der Waals surface area contributed by atoms with Crippen LogP contribution in [0.15, 0.2) is 42.6 Å². The van der Waals surface area contributed by atoms with E-state index in [9.17, 15) is 9.59 Å². The first-order chi connectivity index (χ1) is 11.1. The number of nitrogens with zero attached hydrogens (tertiary/aromatic N) is 1. The number of primary amides is 1. The van der Waals surface area contributed by atoms with Gasteiger partial charge in [0.25, 0.3) is 11.8 Å². The van der Waals surface area contributed by atoms with Crippen LogP contribution in [0.25, 0.3) is 0 Å². The molecule has 3 N–H and O–H groups in total. The lowest BCUT2D eigenvalue weighted by Crippen LogP contribution is -2.28. The molecule has 0 fully saturated rings. The first-order valence-electron chi connectivity index (χ1n) is 6.91. The number of nitrogens with two attached hydrogens (primary N) is 1. The normalized spacial score (nSPS) is 9.96. The van der Waals surface area contributed by atoms with E-state index < -0.39 is 5.91 Å². The number of pyridine rings is 1. The second kappa shape index (κ2) is 7.79. The highest BCUT2D eigenvalue weighted by atomic mass is 16.5. The second-order valence-electron chi connectivity index (χ2n) is 4.58. The molecule has 1 aromatic carbocycles. The number of ether oxygens (including phenoxy) is 2. The summed E-state index contributed by atoms with van der Waals surface area (Å²) in [4.78, 5) is 26.6. The molecule has 0 radical (unpaired) electrons. The summed E-state index contributed by atoms with van der Waals surface area (Å²) in [6.07, 6.45) is 1.31. The molecule has 0 saturated heterocycles. The number of amides is 2. The van der Waals surface area contributed by atoms with Gasteiger partial charge >= 0.3 is 0 Å². The third-order valence-electron chi connectivity index (χ3n) is 2.99. The Balaban J connectivity index is 1.76. The smallest absolute Gasteiger partial charge is 0.267 e. The summed E-state index contributed by atoms with van der Waals surface area (Å²) >= 11 is 0. The Morgan fingerprint density at radius 3 is 2.39 bits per heavy atom. The number of nitrogens with one attached hydrogen (secondary N) is 1. The second-order valence-corrected chi connectivity index (χ2v) is 4.58. The molecule has 0 bridgehead atoms. The number of rotatable bonds is 7. The Morgan fingerprint density at radius 1 is 1.13 bits per heavy atom. The predicted molar refractivity (Wildman–Crippen MR) is 83.6 cm³/mol. The van der Waals surface area contributed by atoms with Crippen LogP contribution in [0.2, 0.25) is 0 Å². The molecule has 7 heteroatoms. The van der Waals surface area contributed by atoms with E-state index in [0.717, 1.165) is 5.75 Å². The summed E-state index contributed by atoms with van der Waals surface area (Å²) < 4.78 is 10.5. The van der Waals surface area contributed by atoms with Gasteiger partial charge < -0.3 is 20.5 Å². The molecule has 0 aliphatic rings. The van der Waals surface area contributed by atoms with Gasteiger partial charge in [0.2, 0.25) is 0 Å². The van der Waals surface area contributed by atoms with Crippen LogP contribution in [-0.2, 0) is 0 Å². The number of hydrogen-bond acceptors (Lipinski definition) is 5. The molecule has 2 aromatic rings. The van der Waals surface area contributed by atoms with Crippen molar-refractivity contribution in [2.45, 2.75) is 0 Å². The summed E-state index contributed by atoms with van der Waals surface area (Å²) in [5, 5.41) is 2.70. The molecular weight excluding hydrogens is 298 g/mol. The number of aromatic nitrogens is 1. The minimum absolute atomic E-state index is 0.115. The highest BCUT2D eigenvalue weighted by molar-refractivity contribution is 5.95. The summed E-state index contributed by atoms with van der Waals surface area (Å²) in [7, 11) is 1.59. The van der Waals surface area contributed by atoms with Gasteiger partial charge in [0.1, 0.15) is 23.8 Å². The van der Waals surface area contributed by atoms with Gasteiger partial charge in [0.05, 0.1) is 19.2 Å². The third kappa shape index (κ3) is 4.70. The van der Waals surface area contributed by atoms with Crippen molar-refractivity contribution in [3.63, 3.8) is 0 Å². The average Bonchev–Trinajstić information content (AvgIpc) is 2.59. The maximum absolute atomic E-state index is 11.9. The fourth-order valence-corrected chi connectivity index (χ4v) is 1.78. The zero-order chi connectivity index (χ0) is 16.7. The van der Waals surface area contributed by atoms with E-state index in [0.29, 0.717) is 24.5 Å². The Bertz CT molecular complexity index is 669. The Kier molecular flexibility index (Phi) is 5.51. The molecule has 0 unspecified atom stereocenters. The van der Waals surface area contributed by atoms with Gasteiger partial charge in [-0.15, -0.1) is 0 Å². The molecule has 2 amide bonds. The van der Waals surface area contributed by atoms with Crippen molar-refractivity contribution in [2.24, 2.45) is 5.73 Å². The molecule has 0 aliphatic carbocycles. The van der Waals surface area contributed by atoms with Crippen LogP contribution >= 0.6 is 0 Å². The summed E-state index contributed by atoms with van der Waals surface area (Å²) in [5.74, 6) is 0.502. The summed E-state index contributed by atoms with van der Waals surface area (Å²) in [5.41, 5.74) is 5.55. The minimum atomic E-state index is -0.634. The highest BCUT2D eigenvalue weighted by Crippen LogP contribution is 2.16. The van der Waals surface area contributed by atoms with Crippen molar-refractivity contribution in [2.75, 3.05) is 20.3 Å². The van der Waals surface area contributed by atoms with E-state index in [-0.39, 0.29) is 11.6 Å². The zero-order valence-electron chi connectivity index (χ0n) is 12.6. The molecule has 7 nitrogen and oxygen atoms in total. The maximum Gasteiger partial charge on any atom is 0.267 e. The van der Waals surface area contributed by atoms with Crippen molar-refractivity contribution in [3.8, 4) is 11.5 Å². The Hall–Kier alpha value is -3.09. The van der Waals surface area contributed by atoms with Gasteiger partial charge in [-0.1, -0.05) is 0 Å². The van der Waals surface area contributed by atoms with E-state index in [1.165, 1.54) is 18.3 Å². The maximum atomic E-state index is 11.9. The van der Waals surface area contributed by atoms with Crippen LogP contribution in [-0.4, -0.2) is 37.1 Å². The first-order valence-corrected chi connectivity index (χ1v) is 6.91. The topological polar surface area (TPSA) is 104 Å². The van der Waals surface area contributed by atoms with Crippen molar-refractivity contribution in [1.29, 1.82) is 0 Å².